The number of esters is 1. The van der Waals surface area contributed by atoms with Gasteiger partial charge in [-0.05, 0) is 26.0 Å². The van der Waals surface area contributed by atoms with Gasteiger partial charge in [0.2, 0.25) is 0 Å². The van der Waals surface area contributed by atoms with Crippen molar-refractivity contribution in [3.63, 3.8) is 0 Å². The highest BCUT2D eigenvalue weighted by Crippen LogP contribution is 2.40. The van der Waals surface area contributed by atoms with Gasteiger partial charge in [0.1, 0.15) is 35.3 Å². The van der Waals surface area contributed by atoms with E-state index in [1.807, 2.05) is 0 Å². The van der Waals surface area contributed by atoms with E-state index in [1.54, 1.807) is 6.92 Å². The summed E-state index contributed by atoms with van der Waals surface area (Å²) >= 11 is 0. The number of hydrogen-bond donors (Lipinski definition) is 1. The maximum atomic E-state index is 13.7. The lowest BCUT2D eigenvalue weighted by Crippen LogP contribution is -2.34. The molecule has 0 aliphatic rings. The van der Waals surface area contributed by atoms with Crippen molar-refractivity contribution in [3.8, 4) is 11.5 Å². The molecule has 2 aromatic rings. The summed E-state index contributed by atoms with van der Waals surface area (Å²) in [7, 11) is 2.83. The zero-order valence-electron chi connectivity index (χ0n) is 15.7. The highest BCUT2D eigenvalue weighted by atomic mass is 19.1. The Bertz CT molecular complexity index is 757. The Morgan fingerprint density at radius 3 is 1.74 bits per heavy atom. The first kappa shape index (κ1) is 20.6. The summed E-state index contributed by atoms with van der Waals surface area (Å²) in [5.74, 6) is -1.58. The minimum absolute atomic E-state index is 0.273. The molecule has 146 valence electrons. The van der Waals surface area contributed by atoms with Crippen LogP contribution in [0, 0.1) is 11.6 Å². The summed E-state index contributed by atoms with van der Waals surface area (Å²) < 4.78 is 43.4. The Labute approximate surface area is 157 Å². The van der Waals surface area contributed by atoms with Gasteiger partial charge in [0.05, 0.1) is 20.1 Å². The molecule has 0 aromatic heterocycles. The number of rotatable bonds is 7. The van der Waals surface area contributed by atoms with Crippen LogP contribution in [0.3, 0.4) is 0 Å². The van der Waals surface area contributed by atoms with Crippen LogP contribution in [0.15, 0.2) is 36.4 Å². The third kappa shape index (κ3) is 4.74. The number of carbonyl (C=O) groups excluding carboxylic acids is 1. The van der Waals surface area contributed by atoms with Gasteiger partial charge in [-0.3, -0.25) is 4.79 Å². The largest absolute Gasteiger partial charge is 0.496 e. The topological polar surface area (TPSA) is 70.8 Å². The summed E-state index contributed by atoms with van der Waals surface area (Å²) in [4.78, 5) is 12.0. The molecular weight excluding hydrogens is 356 g/mol. The molecule has 0 amide bonds. The Balaban J connectivity index is 2.61. The Morgan fingerprint density at radius 2 is 1.37 bits per heavy atom. The van der Waals surface area contributed by atoms with E-state index in [9.17, 15) is 13.6 Å². The van der Waals surface area contributed by atoms with Crippen molar-refractivity contribution in [1.29, 1.82) is 0 Å². The zero-order valence-corrected chi connectivity index (χ0v) is 15.7. The molecule has 5 nitrogen and oxygen atoms in total. The number of benzene rings is 2. The molecule has 0 bridgehead atoms. The normalized spacial score (nSPS) is 13.2. The summed E-state index contributed by atoms with van der Waals surface area (Å²) in [6, 6.07) is 7.30. The number of carbonyl (C=O) groups is 1. The molecule has 2 rings (SSSR count). The van der Waals surface area contributed by atoms with Gasteiger partial charge in [0.15, 0.2) is 0 Å². The van der Waals surface area contributed by atoms with Gasteiger partial charge in [-0.15, -0.1) is 0 Å². The molecule has 0 radical (unpaired) electrons. The van der Waals surface area contributed by atoms with Crippen LogP contribution >= 0.6 is 0 Å². The van der Waals surface area contributed by atoms with Crippen LogP contribution in [-0.2, 0) is 9.53 Å². The molecule has 0 aliphatic carbocycles. The molecule has 2 N–H and O–H groups in total. The monoisotopic (exact) mass is 379 g/mol. The third-order valence-corrected chi connectivity index (χ3v) is 4.20. The fraction of sp³-hybridized carbons (Fsp3) is 0.350. The van der Waals surface area contributed by atoms with Crippen LogP contribution in [-0.4, -0.2) is 32.3 Å². The predicted octanol–water partition coefficient (Wildman–Crippen LogP) is 3.39. The summed E-state index contributed by atoms with van der Waals surface area (Å²) in [5, 5.41) is 0. The van der Waals surface area contributed by atoms with E-state index < -0.39 is 35.7 Å². The highest BCUT2D eigenvalue weighted by Gasteiger charge is 2.31. The molecular formula is C20H23F2NO4. The molecule has 0 spiro atoms. The standard InChI is InChI=1S/C20H23F2NO4/c1-11(23)20(24)27-12(2)19(15-7-5-13(21)9-17(15)25-3)16-8-6-14(22)10-18(16)26-4/h5-12,19H,23H2,1-4H3/t11-,12-/m0/s1. The van der Waals surface area contributed by atoms with E-state index in [0.29, 0.717) is 11.1 Å². The van der Waals surface area contributed by atoms with Crippen molar-refractivity contribution in [2.75, 3.05) is 14.2 Å². The van der Waals surface area contributed by atoms with E-state index >= 15 is 0 Å². The molecule has 0 aliphatic heterocycles. The maximum absolute atomic E-state index is 13.7. The van der Waals surface area contributed by atoms with Gasteiger partial charge in [-0.1, -0.05) is 12.1 Å². The molecule has 0 unspecified atom stereocenters. The molecule has 0 saturated heterocycles. The van der Waals surface area contributed by atoms with Gasteiger partial charge in [-0.2, -0.15) is 0 Å². The minimum Gasteiger partial charge on any atom is -0.496 e. The lowest BCUT2D eigenvalue weighted by Gasteiger charge is -2.28. The number of methoxy groups -OCH3 is 2. The molecule has 0 saturated carbocycles. The predicted molar refractivity (Wildman–Crippen MR) is 97.0 cm³/mol. The number of hydrogen-bond acceptors (Lipinski definition) is 5. The molecule has 0 heterocycles. The SMILES string of the molecule is COc1cc(F)ccc1C(c1ccc(F)cc1OC)[C@H](C)OC(=O)[C@H](C)N. The molecule has 2 atom stereocenters. The van der Waals surface area contributed by atoms with Gasteiger partial charge >= 0.3 is 5.97 Å². The van der Waals surface area contributed by atoms with Crippen molar-refractivity contribution < 1.29 is 27.8 Å². The number of ether oxygens (including phenoxy) is 3. The van der Waals surface area contributed by atoms with Crippen LogP contribution in [0.25, 0.3) is 0 Å². The summed E-state index contributed by atoms with van der Waals surface area (Å²) in [6.07, 6.45) is -0.706. The lowest BCUT2D eigenvalue weighted by atomic mass is 9.85. The molecule has 0 fully saturated rings. The van der Waals surface area contributed by atoms with E-state index in [2.05, 4.69) is 0 Å². The first-order chi connectivity index (χ1) is 12.8. The Morgan fingerprint density at radius 1 is 0.926 bits per heavy atom. The lowest BCUT2D eigenvalue weighted by molar-refractivity contribution is -0.150. The smallest absolute Gasteiger partial charge is 0.322 e. The quantitative estimate of drug-likeness (QED) is 0.747. The first-order valence-electron chi connectivity index (χ1n) is 8.41. The van der Waals surface area contributed by atoms with Gasteiger partial charge in [0, 0.05) is 23.3 Å². The van der Waals surface area contributed by atoms with Crippen molar-refractivity contribution in [3.05, 3.63) is 59.2 Å². The fourth-order valence-electron chi connectivity index (χ4n) is 2.92. The maximum Gasteiger partial charge on any atom is 0.322 e. The number of nitrogens with two attached hydrogens (primary N) is 1. The first-order valence-corrected chi connectivity index (χ1v) is 8.41. The number of halogens is 2. The second-order valence-corrected chi connectivity index (χ2v) is 6.18. The van der Waals surface area contributed by atoms with Crippen LogP contribution in [0.1, 0.15) is 30.9 Å². The highest BCUT2D eigenvalue weighted by molar-refractivity contribution is 5.75. The van der Waals surface area contributed by atoms with Crippen molar-refractivity contribution in [2.24, 2.45) is 5.73 Å². The van der Waals surface area contributed by atoms with E-state index in [1.165, 1.54) is 57.5 Å². The van der Waals surface area contributed by atoms with Crippen molar-refractivity contribution in [1.82, 2.24) is 0 Å². The second-order valence-electron chi connectivity index (χ2n) is 6.18. The van der Waals surface area contributed by atoms with Gasteiger partial charge < -0.3 is 19.9 Å². The second kappa shape index (κ2) is 8.81. The summed E-state index contributed by atoms with van der Waals surface area (Å²) in [5.41, 5.74) is 6.72. The van der Waals surface area contributed by atoms with Crippen LogP contribution in [0.5, 0.6) is 11.5 Å². The Kier molecular flexibility index (Phi) is 6.74. The molecule has 2 aromatic carbocycles. The van der Waals surface area contributed by atoms with Crippen molar-refractivity contribution in [2.45, 2.75) is 31.9 Å². The minimum atomic E-state index is -0.807. The Hall–Kier alpha value is -2.67. The van der Waals surface area contributed by atoms with Crippen LogP contribution in [0.2, 0.25) is 0 Å². The van der Waals surface area contributed by atoms with E-state index in [4.69, 9.17) is 19.9 Å². The van der Waals surface area contributed by atoms with Crippen molar-refractivity contribution >= 4 is 5.97 Å². The zero-order chi connectivity index (χ0) is 20.1. The fourth-order valence-corrected chi connectivity index (χ4v) is 2.92. The average Bonchev–Trinajstić information content (AvgIpc) is 2.63. The van der Waals surface area contributed by atoms with Crippen LogP contribution < -0.4 is 15.2 Å². The van der Waals surface area contributed by atoms with Gasteiger partial charge in [-0.25, -0.2) is 8.78 Å². The summed E-state index contributed by atoms with van der Waals surface area (Å²) in [6.45, 7) is 3.19. The molecule has 27 heavy (non-hydrogen) atoms. The third-order valence-electron chi connectivity index (χ3n) is 4.20. The average molecular weight is 379 g/mol. The van der Waals surface area contributed by atoms with E-state index in [-0.39, 0.29) is 11.5 Å². The molecule has 7 heteroatoms. The van der Waals surface area contributed by atoms with Gasteiger partial charge in [0.25, 0.3) is 0 Å². The van der Waals surface area contributed by atoms with Crippen LogP contribution in [0.4, 0.5) is 8.78 Å². The van der Waals surface area contributed by atoms with E-state index in [0.717, 1.165) is 0 Å².